The normalized spacial score (nSPS) is 23.2. The molecule has 13 rings (SSSR count). The molecule has 2 saturated heterocycles. The van der Waals surface area contributed by atoms with Crippen molar-refractivity contribution < 1.29 is 54.1 Å². The van der Waals surface area contributed by atoms with Crippen LogP contribution in [0.5, 0.6) is 0 Å². The lowest BCUT2D eigenvalue weighted by Gasteiger charge is -2.42. The summed E-state index contributed by atoms with van der Waals surface area (Å²) in [5.74, 6) is 0.269. The number of likely N-dealkylation sites (N-methyl/N-ethyl adjacent to an activating group) is 2. The van der Waals surface area contributed by atoms with Crippen molar-refractivity contribution in [2.24, 2.45) is 0 Å². The number of carbonyl (C=O) groups excluding carboxylic acids is 8. The zero-order valence-electron chi connectivity index (χ0n) is 48.4. The van der Waals surface area contributed by atoms with Crippen molar-refractivity contribution in [1.82, 2.24) is 35.1 Å². The maximum Gasteiger partial charge on any atom is 0.373 e. The molecule has 0 saturated carbocycles. The highest BCUT2D eigenvalue weighted by molar-refractivity contribution is 6.07. The summed E-state index contributed by atoms with van der Waals surface area (Å²) in [4.78, 5) is 121. The van der Waals surface area contributed by atoms with E-state index in [1.165, 1.54) is 11.1 Å². The second-order valence-corrected chi connectivity index (χ2v) is 22.2. The third kappa shape index (κ3) is 12.5. The van der Waals surface area contributed by atoms with Gasteiger partial charge in [0.15, 0.2) is 6.04 Å². The second-order valence-electron chi connectivity index (χ2n) is 22.2. The lowest BCUT2D eigenvalue weighted by Crippen LogP contribution is -2.72. The first-order valence-electron chi connectivity index (χ1n) is 28.6. The highest BCUT2D eigenvalue weighted by Crippen LogP contribution is 2.47. The van der Waals surface area contributed by atoms with E-state index in [4.69, 9.17) is 9.59 Å². The van der Waals surface area contributed by atoms with Gasteiger partial charge in [-0.25, -0.2) is 9.97 Å². The maximum atomic E-state index is 13.3. The SMILES string of the molecule is CCN1C(=O)[C@@H](NC(=O)c2cnc3c(c2)C[C@@]2(C3)C(=O)Nc3ncccc32)C[C@@H](c2ccccc2)[C@H]1C.CCN1C(=O)[C@@H]([NH3+])C[C@@H](c2ccccc2)[C@H]1C.O=C([O-])c1ccc([N+](=O)[O-])cc1.O=C1Nc2ncccc2[C@@]12Cc1cccnc1C2.O=C=O. The number of likely N-dealkylation sites (tertiary alicyclic amines) is 2. The van der Waals surface area contributed by atoms with Gasteiger partial charge in [-0.3, -0.25) is 44.1 Å². The molecule has 22 nitrogen and oxygen atoms in total. The molecule has 0 radical (unpaired) electrons. The highest BCUT2D eigenvalue weighted by atomic mass is 16.6. The molecule has 2 fully saturated rings. The number of hydrogen-bond donors (Lipinski definition) is 4. The van der Waals surface area contributed by atoms with E-state index in [0.717, 1.165) is 77.3 Å². The summed E-state index contributed by atoms with van der Waals surface area (Å²) in [5.41, 5.74) is 11.2. The molecular formula is C65H65N11O11. The summed E-state index contributed by atoms with van der Waals surface area (Å²) in [6.45, 7) is 9.57. The van der Waals surface area contributed by atoms with Crippen LogP contribution >= 0.6 is 0 Å². The minimum Gasteiger partial charge on any atom is -0.545 e. The number of anilines is 2. The number of pyridine rings is 4. The number of amides is 5. The molecule has 6 aliphatic rings. The molecule has 3 aromatic carbocycles. The summed E-state index contributed by atoms with van der Waals surface area (Å²) in [7, 11) is 0. The number of non-ortho nitro benzene ring substituents is 1. The molecule has 4 aliphatic heterocycles. The molecule has 0 bridgehead atoms. The van der Waals surface area contributed by atoms with Crippen LogP contribution in [-0.4, -0.2) is 114 Å². The minimum atomic E-state index is -1.34. The van der Waals surface area contributed by atoms with Gasteiger partial charge >= 0.3 is 6.15 Å². The van der Waals surface area contributed by atoms with Crippen molar-refractivity contribution >= 4 is 59.0 Å². The summed E-state index contributed by atoms with van der Waals surface area (Å²) in [6.07, 6.45) is 10.7. The number of fused-ring (bicyclic) bond motifs is 6. The number of quaternary nitrogens is 1. The quantitative estimate of drug-likeness (QED) is 0.117. The van der Waals surface area contributed by atoms with E-state index in [-0.39, 0.29) is 71.0 Å². The number of carboxylic acid groups (broad SMARTS) is 1. The van der Waals surface area contributed by atoms with Crippen LogP contribution in [0.1, 0.15) is 118 Å². The number of aromatic nitrogens is 4. The van der Waals surface area contributed by atoms with E-state index in [0.29, 0.717) is 55.3 Å². The zero-order valence-corrected chi connectivity index (χ0v) is 48.4. The average molecular weight is 1180 g/mol. The van der Waals surface area contributed by atoms with Gasteiger partial charge in [0, 0.05) is 116 Å². The third-order valence-corrected chi connectivity index (χ3v) is 17.4. The molecule has 4 aromatic heterocycles. The van der Waals surface area contributed by atoms with E-state index in [2.05, 4.69) is 97.9 Å². The molecule has 22 heteroatoms. The third-order valence-electron chi connectivity index (χ3n) is 17.4. The first-order valence-corrected chi connectivity index (χ1v) is 28.6. The molecule has 7 aromatic rings. The van der Waals surface area contributed by atoms with Gasteiger partial charge in [-0.2, -0.15) is 9.59 Å². The van der Waals surface area contributed by atoms with Gasteiger partial charge in [-0.05, 0) is 111 Å². The fraction of sp³-hybridized carbons (Fsp3) is 0.308. The Morgan fingerprint density at radius 3 is 1.63 bits per heavy atom. The molecule has 2 spiro atoms. The Bertz CT molecular complexity index is 3710. The number of benzene rings is 3. The Kier molecular flexibility index (Phi) is 18.6. The van der Waals surface area contributed by atoms with Gasteiger partial charge in [0.1, 0.15) is 17.7 Å². The topological polar surface area (TPSA) is 325 Å². The van der Waals surface area contributed by atoms with Gasteiger partial charge in [-0.15, -0.1) is 0 Å². The van der Waals surface area contributed by atoms with Gasteiger partial charge in [0.2, 0.25) is 17.7 Å². The van der Waals surface area contributed by atoms with E-state index in [1.807, 2.05) is 84.3 Å². The molecule has 6 N–H and O–H groups in total. The lowest BCUT2D eigenvalue weighted by atomic mass is 9.80. The van der Waals surface area contributed by atoms with Crippen LogP contribution in [0.2, 0.25) is 0 Å². The number of piperidine rings is 2. The van der Waals surface area contributed by atoms with Gasteiger partial charge in [0.05, 0.1) is 27.3 Å². The van der Waals surface area contributed by atoms with Crippen molar-refractivity contribution in [3.63, 3.8) is 0 Å². The van der Waals surface area contributed by atoms with Gasteiger partial charge in [0.25, 0.3) is 17.5 Å². The number of aromatic carboxylic acids is 1. The smallest absolute Gasteiger partial charge is 0.373 e. The Balaban J connectivity index is 0.000000151. The van der Waals surface area contributed by atoms with Crippen LogP contribution in [0, 0.1) is 10.1 Å². The number of nitrogens with zero attached hydrogens (tertiary/aromatic N) is 7. The van der Waals surface area contributed by atoms with Crippen LogP contribution in [0.3, 0.4) is 0 Å². The number of carboxylic acids is 1. The first kappa shape index (κ1) is 61.4. The molecule has 87 heavy (non-hydrogen) atoms. The predicted molar refractivity (Wildman–Crippen MR) is 314 cm³/mol. The zero-order chi connectivity index (χ0) is 62.2. The summed E-state index contributed by atoms with van der Waals surface area (Å²) >= 11 is 0. The molecule has 5 amide bonds. The second kappa shape index (κ2) is 26.4. The molecule has 446 valence electrons. The van der Waals surface area contributed by atoms with Crippen LogP contribution in [0.25, 0.3) is 0 Å². The highest BCUT2D eigenvalue weighted by Gasteiger charge is 2.53. The average Bonchev–Trinajstić information content (AvgIpc) is 1.67. The van der Waals surface area contributed by atoms with Crippen LogP contribution in [0.15, 0.2) is 152 Å². The van der Waals surface area contributed by atoms with Crippen LogP contribution < -0.4 is 26.8 Å². The predicted octanol–water partition coefficient (Wildman–Crippen LogP) is 4.85. The fourth-order valence-electron chi connectivity index (χ4n) is 12.9. The summed E-state index contributed by atoms with van der Waals surface area (Å²) in [5, 5.41) is 29.1. The van der Waals surface area contributed by atoms with Crippen LogP contribution in [-0.2, 0) is 65.3 Å². The van der Waals surface area contributed by atoms with E-state index in [1.54, 1.807) is 24.8 Å². The van der Waals surface area contributed by atoms with E-state index in [9.17, 15) is 44.0 Å². The van der Waals surface area contributed by atoms with Crippen molar-refractivity contribution in [3.8, 4) is 0 Å². The van der Waals surface area contributed by atoms with Crippen molar-refractivity contribution in [3.05, 3.63) is 218 Å². The van der Waals surface area contributed by atoms with Crippen molar-refractivity contribution in [2.75, 3.05) is 23.7 Å². The number of carbonyl (C=O) groups is 6. The fourth-order valence-corrected chi connectivity index (χ4v) is 12.9. The van der Waals surface area contributed by atoms with Crippen molar-refractivity contribution in [1.29, 1.82) is 0 Å². The number of nitro groups is 1. The van der Waals surface area contributed by atoms with E-state index >= 15 is 0 Å². The summed E-state index contributed by atoms with van der Waals surface area (Å²) < 4.78 is 0. The van der Waals surface area contributed by atoms with Gasteiger partial charge < -0.3 is 41.4 Å². The largest absolute Gasteiger partial charge is 0.545 e. The molecule has 8 heterocycles. The molecule has 0 unspecified atom stereocenters. The Morgan fingerprint density at radius 2 is 1.13 bits per heavy atom. The number of hydrogen-bond acceptors (Lipinski definition) is 15. The Hall–Kier alpha value is -10.2. The maximum absolute atomic E-state index is 13.3. The summed E-state index contributed by atoms with van der Waals surface area (Å²) in [6, 6.07) is 38.1. The molecule has 2 aliphatic carbocycles. The Labute approximate surface area is 501 Å². The Morgan fingerprint density at radius 1 is 0.644 bits per heavy atom. The number of nitro benzene ring substituents is 1. The number of nitrogens with one attached hydrogen (secondary N) is 3. The standard InChI is InChI=1S/C29H29N5O3.C14H11N3O.C14H20N2O.C7H5NO4.CO2/c1-3-34-17(2)21(18-8-5-4-6-9-18)13-23(27(34)36)32-26(35)20-12-19-14-29(15-24(19)31-16-20)22-10-7-11-30-25(22)33-28(29)37;18-13-14(10-4-2-6-16-12(10)17-13)7-9-3-1-5-15-11(9)8-14;1-3-16-10(2)12(9-13(15)14(16)17)11-7-5-4-6-8-11;9-7(10)5-1-3-6(4-2-5)8(11)12;2-1-3/h4-12,16-17,21,23H,3,13-15H2,1-2H3,(H,32,35)(H,30,33,37);1-6H,7-8H2,(H,16,17,18);4-8,10,12-13H,3,9,15H2,1-2H3;1-4H,(H,9,10);/t17-,21-,23+,29+;14-;10-,12-,13+;;/m101../s1. The number of rotatable bonds is 8. The monoisotopic (exact) mass is 1180 g/mol. The van der Waals surface area contributed by atoms with Crippen LogP contribution in [0.4, 0.5) is 17.3 Å². The first-order chi connectivity index (χ1) is 41.9. The van der Waals surface area contributed by atoms with Gasteiger partial charge in [-0.1, -0.05) is 78.9 Å². The minimum absolute atomic E-state index is 0.0424. The molecule has 8 atom stereocenters. The molecular weight excluding hydrogens is 1110 g/mol. The van der Waals surface area contributed by atoms with Crippen molar-refractivity contribution in [2.45, 2.75) is 113 Å². The van der Waals surface area contributed by atoms with E-state index < -0.39 is 27.8 Å². The lowest BCUT2D eigenvalue weighted by molar-refractivity contribution is -0.411.